The van der Waals surface area contributed by atoms with Gasteiger partial charge >= 0.3 is 0 Å². The molecule has 0 fully saturated rings. The molecule has 0 aliphatic rings. The molecule has 0 saturated carbocycles. The number of thioether (sulfide) groups is 1. The van der Waals surface area contributed by atoms with Crippen LogP contribution in [0.5, 0.6) is 0 Å². The van der Waals surface area contributed by atoms with Gasteiger partial charge in [0.1, 0.15) is 5.54 Å². The summed E-state index contributed by atoms with van der Waals surface area (Å²) in [5, 5.41) is 13.1. The largest absolute Gasteiger partial charge is 0.298 e. The lowest BCUT2D eigenvalue weighted by Gasteiger charge is -2.27. The van der Waals surface area contributed by atoms with E-state index in [4.69, 9.17) is 0 Å². The van der Waals surface area contributed by atoms with Crippen LogP contribution >= 0.6 is 11.8 Å². The van der Waals surface area contributed by atoms with Crippen molar-refractivity contribution in [3.05, 3.63) is 35.9 Å². The summed E-state index contributed by atoms with van der Waals surface area (Å²) in [4.78, 5) is 0. The van der Waals surface area contributed by atoms with E-state index < -0.39 is 5.54 Å². The Bertz CT molecular complexity index is 356. The van der Waals surface area contributed by atoms with E-state index >= 15 is 0 Å². The Labute approximate surface area is 102 Å². The first-order valence-electron chi connectivity index (χ1n) is 5.42. The maximum Gasteiger partial charge on any atom is 0.141 e. The van der Waals surface area contributed by atoms with Gasteiger partial charge < -0.3 is 0 Å². The van der Waals surface area contributed by atoms with Crippen molar-refractivity contribution in [2.75, 3.05) is 12.8 Å². The van der Waals surface area contributed by atoms with E-state index in [1.54, 1.807) is 11.8 Å². The summed E-state index contributed by atoms with van der Waals surface area (Å²) in [6.45, 7) is 4.29. The molecule has 3 heteroatoms. The minimum Gasteiger partial charge on any atom is -0.298 e. The van der Waals surface area contributed by atoms with E-state index in [1.165, 1.54) is 0 Å². The second-order valence-electron chi connectivity index (χ2n) is 3.99. The summed E-state index contributed by atoms with van der Waals surface area (Å²) < 4.78 is 0. The minimum atomic E-state index is -0.573. The highest BCUT2D eigenvalue weighted by atomic mass is 32.2. The number of nitrogens with zero attached hydrogens (tertiary/aromatic N) is 1. The number of nitriles is 1. The van der Waals surface area contributed by atoms with Crippen LogP contribution < -0.4 is 5.32 Å². The molecule has 86 valence electrons. The first kappa shape index (κ1) is 13.1. The van der Waals surface area contributed by atoms with Gasteiger partial charge in [0.25, 0.3) is 0 Å². The van der Waals surface area contributed by atoms with Gasteiger partial charge in [-0.05, 0) is 17.9 Å². The number of nitrogens with one attached hydrogen (secondary N) is 1. The molecule has 1 aromatic carbocycles. The monoisotopic (exact) mass is 234 g/mol. The van der Waals surface area contributed by atoms with E-state index in [0.29, 0.717) is 5.25 Å². The van der Waals surface area contributed by atoms with Crippen molar-refractivity contribution in [2.24, 2.45) is 0 Å². The smallest absolute Gasteiger partial charge is 0.141 e. The number of benzene rings is 1. The third kappa shape index (κ3) is 3.01. The van der Waals surface area contributed by atoms with Gasteiger partial charge in [0.15, 0.2) is 0 Å². The van der Waals surface area contributed by atoms with Gasteiger partial charge in [-0.1, -0.05) is 44.2 Å². The summed E-state index contributed by atoms with van der Waals surface area (Å²) >= 11 is 1.80. The van der Waals surface area contributed by atoms with Crippen molar-refractivity contribution in [3.8, 4) is 6.07 Å². The van der Waals surface area contributed by atoms with E-state index in [9.17, 15) is 5.26 Å². The Morgan fingerprint density at radius 1 is 1.38 bits per heavy atom. The van der Waals surface area contributed by atoms with Crippen molar-refractivity contribution >= 4 is 11.8 Å². The summed E-state index contributed by atoms with van der Waals surface area (Å²) in [6, 6.07) is 12.3. The molecule has 0 saturated heterocycles. The van der Waals surface area contributed by atoms with Gasteiger partial charge in [-0.15, -0.1) is 0 Å². The molecule has 16 heavy (non-hydrogen) atoms. The predicted molar refractivity (Wildman–Crippen MR) is 70.4 cm³/mol. The standard InChI is InChI=1S/C13H18N2S/c1-11(2)16-10-13(9-14,15-3)12-7-5-4-6-8-12/h4-8,11,15H,10H2,1-3H3. The fourth-order valence-corrected chi connectivity index (χ4v) is 2.43. The van der Waals surface area contributed by atoms with Gasteiger partial charge in [-0.2, -0.15) is 17.0 Å². The average Bonchev–Trinajstić information content (AvgIpc) is 2.32. The second-order valence-corrected chi connectivity index (χ2v) is 5.56. The minimum absolute atomic E-state index is 0.532. The molecule has 0 aliphatic carbocycles. The molecule has 0 spiro atoms. The van der Waals surface area contributed by atoms with E-state index in [0.717, 1.165) is 11.3 Å². The van der Waals surface area contributed by atoms with Crippen molar-refractivity contribution < 1.29 is 0 Å². The molecule has 0 radical (unpaired) electrons. The fraction of sp³-hybridized carbons (Fsp3) is 0.462. The Balaban J connectivity index is 2.93. The normalized spacial score (nSPS) is 14.4. The van der Waals surface area contributed by atoms with E-state index in [2.05, 4.69) is 25.2 Å². The lowest BCUT2D eigenvalue weighted by molar-refractivity contribution is 0.527. The molecule has 0 aromatic heterocycles. The molecule has 2 nitrogen and oxygen atoms in total. The molecule has 1 N–H and O–H groups in total. The molecule has 1 atom stereocenters. The SMILES string of the molecule is CNC(C#N)(CSC(C)C)c1ccccc1. The molecule has 0 heterocycles. The summed E-state index contributed by atoms with van der Waals surface area (Å²) in [5.41, 5.74) is 0.462. The van der Waals surface area contributed by atoms with Gasteiger partial charge in [0.2, 0.25) is 0 Å². The van der Waals surface area contributed by atoms with Crippen LogP contribution in [0.15, 0.2) is 30.3 Å². The average molecular weight is 234 g/mol. The first-order valence-corrected chi connectivity index (χ1v) is 6.47. The second kappa shape index (κ2) is 5.93. The lowest BCUT2D eigenvalue weighted by Crippen LogP contribution is -2.41. The summed E-state index contributed by atoms with van der Waals surface area (Å²) in [7, 11) is 1.84. The fourth-order valence-electron chi connectivity index (χ4n) is 1.47. The lowest BCUT2D eigenvalue weighted by atomic mass is 9.94. The van der Waals surface area contributed by atoms with Crippen LogP contribution in [0.2, 0.25) is 0 Å². The Kier molecular flexibility index (Phi) is 4.85. The highest BCUT2D eigenvalue weighted by molar-refractivity contribution is 7.99. The van der Waals surface area contributed by atoms with Gasteiger partial charge in [-0.25, -0.2) is 0 Å². The number of hydrogen-bond donors (Lipinski definition) is 1. The zero-order valence-electron chi connectivity index (χ0n) is 10.0. The van der Waals surface area contributed by atoms with E-state index in [-0.39, 0.29) is 0 Å². The van der Waals surface area contributed by atoms with Crippen molar-refractivity contribution in [1.29, 1.82) is 5.26 Å². The Morgan fingerprint density at radius 3 is 2.44 bits per heavy atom. The van der Waals surface area contributed by atoms with Crippen molar-refractivity contribution in [2.45, 2.75) is 24.6 Å². The molecular weight excluding hydrogens is 216 g/mol. The van der Waals surface area contributed by atoms with Crippen LogP contribution in [0, 0.1) is 11.3 Å². The predicted octanol–water partition coefficient (Wildman–Crippen LogP) is 2.77. The highest BCUT2D eigenvalue weighted by Gasteiger charge is 2.30. The molecule has 1 aromatic rings. The zero-order valence-corrected chi connectivity index (χ0v) is 10.8. The third-order valence-corrected chi connectivity index (χ3v) is 3.78. The highest BCUT2D eigenvalue weighted by Crippen LogP contribution is 2.26. The van der Waals surface area contributed by atoms with Crippen LogP contribution in [0.25, 0.3) is 0 Å². The number of rotatable bonds is 5. The van der Waals surface area contributed by atoms with Gasteiger partial charge in [-0.3, -0.25) is 5.32 Å². The van der Waals surface area contributed by atoms with Crippen LogP contribution in [0.3, 0.4) is 0 Å². The van der Waals surface area contributed by atoms with Crippen LogP contribution in [-0.4, -0.2) is 18.1 Å². The number of hydrogen-bond acceptors (Lipinski definition) is 3. The zero-order chi connectivity index (χ0) is 12.0. The molecule has 1 unspecified atom stereocenters. The molecule has 1 rings (SSSR count). The van der Waals surface area contributed by atoms with Crippen LogP contribution in [0.1, 0.15) is 19.4 Å². The molecule has 0 bridgehead atoms. The van der Waals surface area contributed by atoms with Crippen molar-refractivity contribution in [1.82, 2.24) is 5.32 Å². The maximum absolute atomic E-state index is 9.42. The molecule has 0 aliphatic heterocycles. The Morgan fingerprint density at radius 2 is 2.00 bits per heavy atom. The van der Waals surface area contributed by atoms with Crippen molar-refractivity contribution in [3.63, 3.8) is 0 Å². The summed E-state index contributed by atoms with van der Waals surface area (Å²) in [6.07, 6.45) is 0. The van der Waals surface area contributed by atoms with Gasteiger partial charge in [0.05, 0.1) is 6.07 Å². The third-order valence-electron chi connectivity index (χ3n) is 2.52. The first-order chi connectivity index (χ1) is 7.64. The van der Waals surface area contributed by atoms with Gasteiger partial charge in [0, 0.05) is 5.75 Å². The topological polar surface area (TPSA) is 35.8 Å². The van der Waals surface area contributed by atoms with Crippen LogP contribution in [0.4, 0.5) is 0 Å². The summed E-state index contributed by atoms with van der Waals surface area (Å²) in [5.74, 6) is 0.766. The van der Waals surface area contributed by atoms with E-state index in [1.807, 2.05) is 37.4 Å². The molecule has 0 amide bonds. The Hall–Kier alpha value is -0.980. The maximum atomic E-state index is 9.42. The van der Waals surface area contributed by atoms with Crippen LogP contribution in [-0.2, 0) is 5.54 Å². The molecular formula is C13H18N2S. The quantitative estimate of drug-likeness (QED) is 0.851.